The SMILES string of the molecule is Cc1ccc(C(=O)NC2CCC(NC(=O)c3ccc(C)c(N)c3)CC2)cc1N. The van der Waals surface area contributed by atoms with Gasteiger partial charge in [-0.1, -0.05) is 12.1 Å². The van der Waals surface area contributed by atoms with Crippen molar-refractivity contribution in [1.82, 2.24) is 10.6 Å². The second-order valence-electron chi connectivity index (χ2n) is 7.64. The van der Waals surface area contributed by atoms with Crippen molar-refractivity contribution in [3.8, 4) is 0 Å². The van der Waals surface area contributed by atoms with Crippen LogP contribution in [0, 0.1) is 13.8 Å². The summed E-state index contributed by atoms with van der Waals surface area (Å²) in [4.78, 5) is 24.9. The molecule has 6 N–H and O–H groups in total. The minimum Gasteiger partial charge on any atom is -0.398 e. The van der Waals surface area contributed by atoms with E-state index in [1.54, 1.807) is 24.3 Å². The largest absolute Gasteiger partial charge is 0.398 e. The molecule has 1 saturated carbocycles. The van der Waals surface area contributed by atoms with Gasteiger partial charge in [-0.2, -0.15) is 0 Å². The molecule has 148 valence electrons. The van der Waals surface area contributed by atoms with Gasteiger partial charge in [0.1, 0.15) is 0 Å². The Balaban J connectivity index is 1.50. The van der Waals surface area contributed by atoms with Crippen molar-refractivity contribution >= 4 is 23.2 Å². The standard InChI is InChI=1S/C22H28N4O2/c1-13-3-5-15(11-19(13)23)21(27)25-17-7-9-18(10-8-17)26-22(28)16-6-4-14(2)20(24)12-16/h3-6,11-12,17-18H,7-10,23-24H2,1-2H3,(H,25,27)(H,26,28). The van der Waals surface area contributed by atoms with E-state index in [4.69, 9.17) is 11.5 Å². The highest BCUT2D eigenvalue weighted by molar-refractivity contribution is 5.96. The first-order valence-electron chi connectivity index (χ1n) is 9.67. The number of carbonyl (C=O) groups excluding carboxylic acids is 2. The maximum Gasteiger partial charge on any atom is 0.251 e. The number of nitrogens with two attached hydrogens (primary N) is 2. The summed E-state index contributed by atoms with van der Waals surface area (Å²) in [5.41, 5.74) is 16.1. The Labute approximate surface area is 165 Å². The van der Waals surface area contributed by atoms with E-state index in [0.717, 1.165) is 36.8 Å². The number of rotatable bonds is 4. The smallest absolute Gasteiger partial charge is 0.251 e. The molecule has 0 spiro atoms. The number of anilines is 2. The topological polar surface area (TPSA) is 110 Å². The van der Waals surface area contributed by atoms with E-state index in [9.17, 15) is 9.59 Å². The van der Waals surface area contributed by atoms with Gasteiger partial charge in [0.05, 0.1) is 0 Å². The van der Waals surface area contributed by atoms with E-state index in [2.05, 4.69) is 10.6 Å². The van der Waals surface area contributed by atoms with Gasteiger partial charge in [0.15, 0.2) is 0 Å². The third kappa shape index (κ3) is 4.63. The number of nitrogen functional groups attached to an aromatic ring is 2. The molecule has 2 aromatic carbocycles. The zero-order chi connectivity index (χ0) is 20.3. The van der Waals surface area contributed by atoms with Gasteiger partial charge < -0.3 is 22.1 Å². The van der Waals surface area contributed by atoms with Crippen molar-refractivity contribution in [3.63, 3.8) is 0 Å². The summed E-state index contributed by atoms with van der Waals surface area (Å²) < 4.78 is 0. The van der Waals surface area contributed by atoms with Crippen LogP contribution in [-0.2, 0) is 0 Å². The molecule has 3 rings (SSSR count). The van der Waals surface area contributed by atoms with Crippen LogP contribution >= 0.6 is 0 Å². The van der Waals surface area contributed by atoms with Crippen LogP contribution < -0.4 is 22.1 Å². The van der Waals surface area contributed by atoms with E-state index >= 15 is 0 Å². The minimum atomic E-state index is -0.102. The van der Waals surface area contributed by atoms with Gasteiger partial charge in [-0.15, -0.1) is 0 Å². The lowest BCUT2D eigenvalue weighted by atomic mass is 9.90. The molecule has 2 aromatic rings. The van der Waals surface area contributed by atoms with Crippen molar-refractivity contribution in [2.24, 2.45) is 0 Å². The Bertz CT molecular complexity index is 813. The van der Waals surface area contributed by atoms with Crippen LogP contribution in [0.2, 0.25) is 0 Å². The average Bonchev–Trinajstić information content (AvgIpc) is 2.67. The molecule has 1 fully saturated rings. The van der Waals surface area contributed by atoms with E-state index < -0.39 is 0 Å². The summed E-state index contributed by atoms with van der Waals surface area (Å²) in [6.07, 6.45) is 3.31. The number of hydrogen-bond acceptors (Lipinski definition) is 4. The van der Waals surface area contributed by atoms with Gasteiger partial charge in [0.25, 0.3) is 11.8 Å². The molecule has 1 aliphatic carbocycles. The first kappa shape index (κ1) is 19.7. The molecule has 0 heterocycles. The van der Waals surface area contributed by atoms with Crippen molar-refractivity contribution < 1.29 is 9.59 Å². The van der Waals surface area contributed by atoms with Crippen molar-refractivity contribution in [1.29, 1.82) is 0 Å². The van der Waals surface area contributed by atoms with Gasteiger partial charge in [0.2, 0.25) is 0 Å². The molecule has 0 saturated heterocycles. The first-order valence-corrected chi connectivity index (χ1v) is 9.67. The summed E-state index contributed by atoms with van der Waals surface area (Å²) in [6, 6.07) is 10.9. The van der Waals surface area contributed by atoms with E-state index in [0.29, 0.717) is 22.5 Å². The third-order valence-electron chi connectivity index (χ3n) is 5.48. The molecule has 6 heteroatoms. The van der Waals surface area contributed by atoms with Crippen molar-refractivity contribution in [2.45, 2.75) is 51.6 Å². The summed E-state index contributed by atoms with van der Waals surface area (Å²) in [6.45, 7) is 3.83. The highest BCUT2D eigenvalue weighted by atomic mass is 16.2. The van der Waals surface area contributed by atoms with Crippen LogP contribution in [0.25, 0.3) is 0 Å². The highest BCUT2D eigenvalue weighted by Crippen LogP contribution is 2.21. The first-order chi connectivity index (χ1) is 13.3. The highest BCUT2D eigenvalue weighted by Gasteiger charge is 2.24. The average molecular weight is 380 g/mol. The number of benzene rings is 2. The van der Waals surface area contributed by atoms with Gasteiger partial charge in [0, 0.05) is 34.6 Å². The molecule has 0 atom stereocenters. The van der Waals surface area contributed by atoms with Crippen LogP contribution in [0.3, 0.4) is 0 Å². The third-order valence-corrected chi connectivity index (χ3v) is 5.48. The van der Waals surface area contributed by atoms with Crippen LogP contribution in [0.4, 0.5) is 11.4 Å². The molecule has 0 bridgehead atoms. The molecule has 0 unspecified atom stereocenters. The number of carbonyl (C=O) groups is 2. The van der Waals surface area contributed by atoms with Crippen LogP contribution in [0.5, 0.6) is 0 Å². The molecule has 1 aliphatic rings. The second kappa shape index (κ2) is 8.33. The molecular weight excluding hydrogens is 352 g/mol. The lowest BCUT2D eigenvalue weighted by molar-refractivity contribution is 0.0892. The molecule has 2 amide bonds. The summed E-state index contributed by atoms with van der Waals surface area (Å²) in [5, 5.41) is 6.15. The Hall–Kier alpha value is -3.02. The van der Waals surface area contributed by atoms with Crippen molar-refractivity contribution in [2.75, 3.05) is 11.5 Å². The Morgan fingerprint density at radius 3 is 1.43 bits per heavy atom. The lowest BCUT2D eigenvalue weighted by Gasteiger charge is -2.29. The monoisotopic (exact) mass is 380 g/mol. The fourth-order valence-electron chi connectivity index (χ4n) is 3.48. The zero-order valence-corrected chi connectivity index (χ0v) is 16.4. The molecule has 6 nitrogen and oxygen atoms in total. The molecule has 0 aliphatic heterocycles. The molecule has 0 radical (unpaired) electrons. The Kier molecular flexibility index (Phi) is 5.87. The van der Waals surface area contributed by atoms with Crippen LogP contribution in [0.1, 0.15) is 57.5 Å². The number of amides is 2. The molecular formula is C22H28N4O2. The van der Waals surface area contributed by atoms with E-state index in [1.165, 1.54) is 0 Å². The van der Waals surface area contributed by atoms with Crippen molar-refractivity contribution in [3.05, 3.63) is 58.7 Å². The molecule has 28 heavy (non-hydrogen) atoms. The predicted molar refractivity (Wildman–Crippen MR) is 112 cm³/mol. The maximum absolute atomic E-state index is 12.4. The Morgan fingerprint density at radius 1 is 0.750 bits per heavy atom. The number of aryl methyl sites for hydroxylation is 2. The minimum absolute atomic E-state index is 0.102. The van der Waals surface area contributed by atoms with E-state index in [1.807, 2.05) is 26.0 Å². The fraction of sp³-hybridized carbons (Fsp3) is 0.364. The maximum atomic E-state index is 12.4. The van der Waals surface area contributed by atoms with Gasteiger partial charge >= 0.3 is 0 Å². The Morgan fingerprint density at radius 2 is 1.11 bits per heavy atom. The van der Waals surface area contributed by atoms with Gasteiger partial charge in [-0.3, -0.25) is 9.59 Å². The van der Waals surface area contributed by atoms with E-state index in [-0.39, 0.29) is 23.9 Å². The lowest BCUT2D eigenvalue weighted by Crippen LogP contribution is -2.43. The van der Waals surface area contributed by atoms with Gasteiger partial charge in [-0.05, 0) is 74.9 Å². The summed E-state index contributed by atoms with van der Waals surface area (Å²) in [5.74, 6) is -0.205. The number of nitrogens with one attached hydrogen (secondary N) is 2. The van der Waals surface area contributed by atoms with Gasteiger partial charge in [-0.25, -0.2) is 0 Å². The zero-order valence-electron chi connectivity index (χ0n) is 16.4. The summed E-state index contributed by atoms with van der Waals surface area (Å²) in [7, 11) is 0. The molecule has 0 aromatic heterocycles. The normalized spacial score (nSPS) is 19.1. The second-order valence-corrected chi connectivity index (χ2v) is 7.64. The van der Waals surface area contributed by atoms with Crippen LogP contribution in [-0.4, -0.2) is 23.9 Å². The summed E-state index contributed by atoms with van der Waals surface area (Å²) >= 11 is 0. The number of hydrogen-bond donors (Lipinski definition) is 4. The predicted octanol–water partition coefficient (Wildman–Crippen LogP) is 2.94. The fourth-order valence-corrected chi connectivity index (χ4v) is 3.48. The van der Waals surface area contributed by atoms with Crippen LogP contribution in [0.15, 0.2) is 36.4 Å². The quantitative estimate of drug-likeness (QED) is 0.611.